The van der Waals surface area contributed by atoms with Gasteiger partial charge in [-0.3, -0.25) is 14.7 Å². The van der Waals surface area contributed by atoms with Crippen LogP contribution < -0.4 is 14.8 Å². The Morgan fingerprint density at radius 3 is 2.59 bits per heavy atom. The van der Waals surface area contributed by atoms with Gasteiger partial charge in [0.2, 0.25) is 5.91 Å². The minimum absolute atomic E-state index is 0.0353. The summed E-state index contributed by atoms with van der Waals surface area (Å²) >= 11 is 12.4. The molecule has 1 aliphatic rings. The Balaban J connectivity index is 1.59. The average molecular weight is 500 g/mol. The number of nitrogens with one attached hydrogen (secondary N) is 1. The number of nitrogens with zero attached hydrogens (tertiary/aromatic N) is 2. The maximum absolute atomic E-state index is 12.9. The Morgan fingerprint density at radius 2 is 1.88 bits per heavy atom. The second-order valence-electron chi connectivity index (χ2n) is 8.23. The number of methoxy groups -OCH3 is 2. The van der Waals surface area contributed by atoms with E-state index < -0.39 is 0 Å². The van der Waals surface area contributed by atoms with Crippen molar-refractivity contribution in [2.24, 2.45) is 0 Å². The first-order chi connectivity index (χ1) is 16.5. The molecule has 4 rings (SSSR count). The van der Waals surface area contributed by atoms with Crippen LogP contribution in [0.2, 0.25) is 10.0 Å². The van der Waals surface area contributed by atoms with Gasteiger partial charge in [0, 0.05) is 31.5 Å². The lowest BCUT2D eigenvalue weighted by Gasteiger charge is -2.37. The van der Waals surface area contributed by atoms with Gasteiger partial charge in [-0.1, -0.05) is 35.3 Å². The summed E-state index contributed by atoms with van der Waals surface area (Å²) in [5.41, 5.74) is 4.32. The van der Waals surface area contributed by atoms with Gasteiger partial charge in [-0.15, -0.1) is 0 Å². The minimum atomic E-state index is -0.0371. The molecule has 0 fully saturated rings. The molecular formula is C26H27Cl2N3O3. The first kappa shape index (κ1) is 24.3. The Kier molecular flexibility index (Phi) is 7.93. The van der Waals surface area contributed by atoms with Crippen molar-refractivity contribution in [3.63, 3.8) is 0 Å². The lowest BCUT2D eigenvalue weighted by Crippen LogP contribution is -2.43. The van der Waals surface area contributed by atoms with Crippen LogP contribution in [0, 0.1) is 0 Å². The van der Waals surface area contributed by atoms with Crippen molar-refractivity contribution >= 4 is 29.1 Å². The third-order valence-corrected chi connectivity index (χ3v) is 6.82. The molecule has 1 N–H and O–H groups in total. The molecule has 0 bridgehead atoms. The normalized spacial score (nSPS) is 15.5. The lowest BCUT2D eigenvalue weighted by molar-refractivity contribution is -0.123. The summed E-state index contributed by atoms with van der Waals surface area (Å²) in [4.78, 5) is 19.2. The van der Waals surface area contributed by atoms with Crippen LogP contribution in [0.1, 0.15) is 28.3 Å². The van der Waals surface area contributed by atoms with Crippen LogP contribution in [-0.2, 0) is 24.2 Å². The summed E-state index contributed by atoms with van der Waals surface area (Å²) < 4.78 is 11.1. The zero-order valence-corrected chi connectivity index (χ0v) is 20.7. The number of benzene rings is 2. The molecule has 3 aromatic rings. The van der Waals surface area contributed by atoms with Crippen LogP contribution in [0.3, 0.4) is 0 Å². The molecule has 1 unspecified atom stereocenters. The largest absolute Gasteiger partial charge is 0.493 e. The maximum Gasteiger partial charge on any atom is 0.234 e. The van der Waals surface area contributed by atoms with Gasteiger partial charge in [0.05, 0.1) is 30.8 Å². The van der Waals surface area contributed by atoms with Crippen molar-refractivity contribution in [3.8, 4) is 11.5 Å². The Morgan fingerprint density at radius 1 is 1.09 bits per heavy atom. The monoisotopic (exact) mass is 499 g/mol. The molecule has 0 radical (unpaired) electrons. The van der Waals surface area contributed by atoms with E-state index in [4.69, 9.17) is 32.7 Å². The number of aromatic nitrogens is 1. The molecule has 1 atom stereocenters. The second kappa shape index (κ2) is 11.1. The third kappa shape index (κ3) is 5.63. The first-order valence-corrected chi connectivity index (χ1v) is 11.8. The van der Waals surface area contributed by atoms with Gasteiger partial charge >= 0.3 is 0 Å². The number of amides is 1. The van der Waals surface area contributed by atoms with Crippen LogP contribution in [-0.4, -0.2) is 43.1 Å². The van der Waals surface area contributed by atoms with E-state index in [-0.39, 0.29) is 18.5 Å². The van der Waals surface area contributed by atoms with E-state index in [0.29, 0.717) is 34.5 Å². The summed E-state index contributed by atoms with van der Waals surface area (Å²) in [6, 6.07) is 13.5. The molecule has 2 aromatic carbocycles. The molecule has 0 saturated carbocycles. The molecule has 6 nitrogen and oxygen atoms in total. The molecule has 1 amide bonds. The number of rotatable bonds is 8. The van der Waals surface area contributed by atoms with Crippen LogP contribution in [0.5, 0.6) is 11.5 Å². The first-order valence-electron chi connectivity index (χ1n) is 11.1. The van der Waals surface area contributed by atoms with Crippen LogP contribution in [0.25, 0.3) is 0 Å². The van der Waals surface area contributed by atoms with Gasteiger partial charge in [-0.05, 0) is 65.4 Å². The summed E-state index contributed by atoms with van der Waals surface area (Å²) in [5, 5.41) is 4.05. The lowest BCUT2D eigenvalue weighted by atomic mass is 9.88. The molecule has 0 spiro atoms. The van der Waals surface area contributed by atoms with Gasteiger partial charge in [0.1, 0.15) is 0 Å². The van der Waals surface area contributed by atoms with E-state index >= 15 is 0 Å². The summed E-state index contributed by atoms with van der Waals surface area (Å²) in [6.07, 6.45) is 4.95. The summed E-state index contributed by atoms with van der Waals surface area (Å²) in [6.45, 7) is 1.47. The van der Waals surface area contributed by atoms with Gasteiger partial charge in [-0.2, -0.15) is 0 Å². The standard InChI is InChI=1S/C26H27Cl2N3O3/c1-33-24-12-19-7-9-31(16-26(32)30-15-18-4-3-8-29-14-18)23(20(19)13-25(24)34-2)11-17-5-6-21(27)22(28)10-17/h3-6,8,10,12-14,23H,7,9,11,15-16H2,1-2H3,(H,30,32). The summed E-state index contributed by atoms with van der Waals surface area (Å²) in [7, 11) is 3.27. The predicted molar refractivity (Wildman–Crippen MR) is 134 cm³/mol. The van der Waals surface area contributed by atoms with E-state index in [1.165, 1.54) is 5.56 Å². The molecule has 178 valence electrons. The summed E-state index contributed by atoms with van der Waals surface area (Å²) in [5.74, 6) is 1.34. The van der Waals surface area contributed by atoms with E-state index in [9.17, 15) is 4.79 Å². The Hall–Kier alpha value is -2.80. The van der Waals surface area contributed by atoms with Gasteiger partial charge < -0.3 is 14.8 Å². The number of carbonyl (C=O) groups excluding carboxylic acids is 1. The minimum Gasteiger partial charge on any atom is -0.493 e. The Bertz CT molecular complexity index is 1160. The highest BCUT2D eigenvalue weighted by Gasteiger charge is 2.30. The zero-order valence-electron chi connectivity index (χ0n) is 19.2. The van der Waals surface area contributed by atoms with Crippen LogP contribution in [0.4, 0.5) is 0 Å². The third-order valence-electron chi connectivity index (χ3n) is 6.09. The molecule has 34 heavy (non-hydrogen) atoms. The Labute approximate surface area is 209 Å². The van der Waals surface area contributed by atoms with E-state index in [0.717, 1.165) is 29.7 Å². The molecular weight excluding hydrogens is 473 g/mol. The van der Waals surface area contributed by atoms with Crippen LogP contribution >= 0.6 is 23.2 Å². The zero-order chi connectivity index (χ0) is 24.1. The van der Waals surface area contributed by atoms with Gasteiger partial charge in [0.15, 0.2) is 11.5 Å². The van der Waals surface area contributed by atoms with Crippen molar-refractivity contribution in [2.75, 3.05) is 27.3 Å². The fourth-order valence-electron chi connectivity index (χ4n) is 4.34. The number of halogens is 2. The van der Waals surface area contributed by atoms with Gasteiger partial charge in [-0.25, -0.2) is 0 Å². The molecule has 0 saturated heterocycles. The fourth-order valence-corrected chi connectivity index (χ4v) is 4.66. The highest BCUT2D eigenvalue weighted by molar-refractivity contribution is 6.42. The second-order valence-corrected chi connectivity index (χ2v) is 9.05. The highest BCUT2D eigenvalue weighted by Crippen LogP contribution is 2.39. The number of pyridine rings is 1. The predicted octanol–water partition coefficient (Wildman–Crippen LogP) is 4.86. The highest BCUT2D eigenvalue weighted by atomic mass is 35.5. The van der Waals surface area contributed by atoms with Crippen molar-refractivity contribution in [1.82, 2.24) is 15.2 Å². The fraction of sp³-hybridized carbons (Fsp3) is 0.308. The molecule has 1 aromatic heterocycles. The van der Waals surface area contributed by atoms with Gasteiger partial charge in [0.25, 0.3) is 0 Å². The van der Waals surface area contributed by atoms with E-state index in [1.54, 1.807) is 26.6 Å². The smallest absolute Gasteiger partial charge is 0.234 e. The number of fused-ring (bicyclic) bond motifs is 1. The van der Waals surface area contributed by atoms with Crippen LogP contribution in [0.15, 0.2) is 54.9 Å². The molecule has 8 heteroatoms. The van der Waals surface area contributed by atoms with Crippen molar-refractivity contribution < 1.29 is 14.3 Å². The van der Waals surface area contributed by atoms with E-state index in [1.807, 2.05) is 42.5 Å². The quantitative estimate of drug-likeness (QED) is 0.479. The number of hydrogen-bond donors (Lipinski definition) is 1. The van der Waals surface area contributed by atoms with Crippen molar-refractivity contribution in [3.05, 3.63) is 87.2 Å². The number of hydrogen-bond acceptors (Lipinski definition) is 5. The molecule has 0 aliphatic carbocycles. The molecule has 1 aliphatic heterocycles. The van der Waals surface area contributed by atoms with Crippen molar-refractivity contribution in [2.45, 2.75) is 25.4 Å². The number of ether oxygens (including phenoxy) is 2. The average Bonchev–Trinajstić information content (AvgIpc) is 2.86. The van der Waals surface area contributed by atoms with E-state index in [2.05, 4.69) is 15.2 Å². The number of carbonyl (C=O) groups is 1. The maximum atomic E-state index is 12.9. The SMILES string of the molecule is COc1cc2c(cc1OC)C(Cc1ccc(Cl)c(Cl)c1)N(CC(=O)NCc1cccnc1)CC2. The molecule has 2 heterocycles. The topological polar surface area (TPSA) is 63.7 Å². The van der Waals surface area contributed by atoms with Crippen molar-refractivity contribution in [1.29, 1.82) is 0 Å².